The van der Waals surface area contributed by atoms with Crippen molar-refractivity contribution in [1.29, 1.82) is 0 Å². The summed E-state index contributed by atoms with van der Waals surface area (Å²) in [6.07, 6.45) is 0.655. The van der Waals surface area contributed by atoms with Gasteiger partial charge in [0, 0.05) is 25.0 Å². The van der Waals surface area contributed by atoms with Crippen molar-refractivity contribution >= 4 is 18.0 Å². The summed E-state index contributed by atoms with van der Waals surface area (Å²) < 4.78 is 5.62. The van der Waals surface area contributed by atoms with Crippen LogP contribution >= 0.6 is 0 Å². The van der Waals surface area contributed by atoms with E-state index in [2.05, 4.69) is 29.6 Å². The van der Waals surface area contributed by atoms with Gasteiger partial charge in [-0.05, 0) is 49.2 Å². The molecule has 4 rings (SSSR count). The fraction of sp³-hybridized carbons (Fsp3) is 0.423. The van der Waals surface area contributed by atoms with E-state index in [1.807, 2.05) is 43.3 Å². The van der Waals surface area contributed by atoms with Gasteiger partial charge in [-0.15, -0.1) is 0 Å². The lowest BCUT2D eigenvalue weighted by atomic mass is 9.98. The van der Waals surface area contributed by atoms with E-state index in [-0.39, 0.29) is 30.9 Å². The van der Waals surface area contributed by atoms with Gasteiger partial charge in [0.25, 0.3) is 0 Å². The highest BCUT2D eigenvalue weighted by Crippen LogP contribution is 2.44. The number of carboxylic acids is 1. The molecule has 1 aliphatic heterocycles. The van der Waals surface area contributed by atoms with E-state index >= 15 is 0 Å². The molecule has 34 heavy (non-hydrogen) atoms. The molecule has 1 aliphatic carbocycles. The zero-order valence-corrected chi connectivity index (χ0v) is 19.6. The molecule has 0 radical (unpaired) electrons. The Labute approximate surface area is 199 Å². The topological polar surface area (TPSA) is 99.2 Å². The van der Waals surface area contributed by atoms with Crippen LogP contribution in [0.15, 0.2) is 48.5 Å². The highest BCUT2D eigenvalue weighted by molar-refractivity contribution is 5.87. The third-order valence-corrected chi connectivity index (χ3v) is 6.55. The molecular weight excluding hydrogens is 434 g/mol. The number of nitrogens with zero attached hydrogens (tertiary/aromatic N) is 2. The van der Waals surface area contributed by atoms with E-state index in [9.17, 15) is 19.5 Å². The van der Waals surface area contributed by atoms with Crippen LogP contribution in [0.2, 0.25) is 0 Å². The second-order valence-electron chi connectivity index (χ2n) is 9.21. The first-order chi connectivity index (χ1) is 16.3. The van der Waals surface area contributed by atoms with Crippen LogP contribution in [0.3, 0.4) is 0 Å². The van der Waals surface area contributed by atoms with Crippen LogP contribution in [0, 0.1) is 0 Å². The molecule has 2 amide bonds. The summed E-state index contributed by atoms with van der Waals surface area (Å²) in [6.45, 7) is 0.945. The first-order valence-electron chi connectivity index (χ1n) is 11.6. The van der Waals surface area contributed by atoms with Crippen molar-refractivity contribution < 1.29 is 24.2 Å². The average molecular weight is 466 g/mol. The predicted octanol–water partition coefficient (Wildman–Crippen LogP) is 2.92. The van der Waals surface area contributed by atoms with Gasteiger partial charge >= 0.3 is 12.1 Å². The molecule has 1 fully saturated rings. The number of carbonyl (C=O) groups excluding carboxylic acids is 2. The smallest absolute Gasteiger partial charge is 0.407 e. The van der Waals surface area contributed by atoms with Gasteiger partial charge in [0.05, 0.1) is 6.42 Å². The van der Waals surface area contributed by atoms with Crippen molar-refractivity contribution in [1.82, 2.24) is 15.1 Å². The zero-order chi connectivity index (χ0) is 24.2. The molecule has 2 atom stereocenters. The number of benzene rings is 2. The molecule has 0 aromatic heterocycles. The lowest BCUT2D eigenvalue weighted by Gasteiger charge is -2.30. The first-order valence-corrected chi connectivity index (χ1v) is 11.6. The van der Waals surface area contributed by atoms with Crippen LogP contribution in [0.5, 0.6) is 0 Å². The van der Waals surface area contributed by atoms with E-state index in [1.165, 1.54) is 0 Å². The maximum atomic E-state index is 13.2. The summed E-state index contributed by atoms with van der Waals surface area (Å²) in [5.41, 5.74) is 4.52. The fourth-order valence-electron chi connectivity index (χ4n) is 5.07. The normalized spacial score (nSPS) is 17.9. The second kappa shape index (κ2) is 10.3. The predicted molar refractivity (Wildman–Crippen MR) is 128 cm³/mol. The van der Waals surface area contributed by atoms with Gasteiger partial charge in [0.1, 0.15) is 12.6 Å². The highest BCUT2D eigenvalue weighted by Gasteiger charge is 2.36. The molecule has 0 spiro atoms. The molecule has 2 aliphatic rings. The molecule has 2 aromatic rings. The lowest BCUT2D eigenvalue weighted by molar-refractivity contribution is -0.140. The van der Waals surface area contributed by atoms with Crippen molar-refractivity contribution in [3.8, 4) is 11.1 Å². The Balaban J connectivity index is 1.43. The van der Waals surface area contributed by atoms with Crippen molar-refractivity contribution in [2.75, 3.05) is 33.8 Å². The maximum Gasteiger partial charge on any atom is 0.407 e. The number of rotatable bonds is 8. The number of alkyl carbamates (subject to hydrolysis) is 1. The van der Waals surface area contributed by atoms with Crippen molar-refractivity contribution in [2.45, 2.75) is 37.3 Å². The SMILES string of the molecule is CN(C)C[C@H](NC(=O)OCC1c2ccccc2-c2ccccc21)C(=O)N1CCCC1CC(=O)O. The molecule has 180 valence electrons. The Morgan fingerprint density at radius 1 is 1.09 bits per heavy atom. The minimum absolute atomic E-state index is 0.0697. The van der Waals surface area contributed by atoms with Crippen molar-refractivity contribution in [3.63, 3.8) is 0 Å². The molecule has 8 nitrogen and oxygen atoms in total. The van der Waals surface area contributed by atoms with E-state index in [0.29, 0.717) is 19.5 Å². The van der Waals surface area contributed by atoms with Crippen LogP contribution in [0.1, 0.15) is 36.3 Å². The summed E-state index contributed by atoms with van der Waals surface area (Å²) in [6, 6.07) is 15.0. The number of fused-ring (bicyclic) bond motifs is 3. The molecular formula is C26H31N3O5. The maximum absolute atomic E-state index is 13.2. The van der Waals surface area contributed by atoms with Gasteiger partial charge in [0.15, 0.2) is 0 Å². The van der Waals surface area contributed by atoms with Crippen molar-refractivity contribution in [3.05, 3.63) is 59.7 Å². The van der Waals surface area contributed by atoms with Crippen LogP contribution in [0.25, 0.3) is 11.1 Å². The number of hydrogen-bond donors (Lipinski definition) is 2. The van der Waals surface area contributed by atoms with Crippen molar-refractivity contribution in [2.24, 2.45) is 0 Å². The molecule has 1 unspecified atom stereocenters. The summed E-state index contributed by atoms with van der Waals surface area (Å²) in [4.78, 5) is 40.6. The number of hydrogen-bond acceptors (Lipinski definition) is 5. The number of likely N-dealkylation sites (tertiary alicyclic amines) is 1. The molecule has 1 saturated heterocycles. The first kappa shape index (κ1) is 23.8. The highest BCUT2D eigenvalue weighted by atomic mass is 16.5. The zero-order valence-electron chi connectivity index (χ0n) is 19.6. The van der Waals surface area contributed by atoms with E-state index in [0.717, 1.165) is 28.7 Å². The largest absolute Gasteiger partial charge is 0.481 e. The van der Waals surface area contributed by atoms with Crippen LogP contribution in [-0.4, -0.2) is 78.8 Å². The minimum atomic E-state index is -0.932. The third kappa shape index (κ3) is 5.07. The Hall–Kier alpha value is -3.39. The van der Waals surface area contributed by atoms with Gasteiger partial charge < -0.3 is 25.0 Å². The Morgan fingerprint density at radius 2 is 1.71 bits per heavy atom. The molecule has 2 N–H and O–H groups in total. The Bertz CT molecular complexity index is 1020. The van der Waals surface area contributed by atoms with Crippen LogP contribution < -0.4 is 5.32 Å². The summed E-state index contributed by atoms with van der Waals surface area (Å²) in [7, 11) is 3.64. The average Bonchev–Trinajstić information content (AvgIpc) is 3.38. The number of carbonyl (C=O) groups is 3. The number of likely N-dealkylation sites (N-methyl/N-ethyl adjacent to an activating group) is 1. The number of carboxylic acid groups (broad SMARTS) is 1. The van der Waals surface area contributed by atoms with E-state index in [4.69, 9.17) is 4.74 Å². The number of nitrogens with one attached hydrogen (secondary N) is 1. The Kier molecular flexibility index (Phi) is 7.17. The van der Waals surface area contributed by atoms with Crippen LogP contribution in [-0.2, 0) is 14.3 Å². The Morgan fingerprint density at radius 3 is 2.29 bits per heavy atom. The number of amides is 2. The molecule has 0 bridgehead atoms. The monoisotopic (exact) mass is 465 g/mol. The fourth-order valence-corrected chi connectivity index (χ4v) is 5.07. The lowest BCUT2D eigenvalue weighted by Crippen LogP contribution is -2.54. The van der Waals surface area contributed by atoms with Crippen LogP contribution in [0.4, 0.5) is 4.79 Å². The van der Waals surface area contributed by atoms with E-state index < -0.39 is 18.1 Å². The summed E-state index contributed by atoms with van der Waals surface area (Å²) in [5.74, 6) is -1.27. The summed E-state index contributed by atoms with van der Waals surface area (Å²) in [5, 5.41) is 11.9. The van der Waals surface area contributed by atoms with Gasteiger partial charge in [-0.1, -0.05) is 48.5 Å². The quantitative estimate of drug-likeness (QED) is 0.622. The second-order valence-corrected chi connectivity index (χ2v) is 9.21. The molecule has 8 heteroatoms. The standard InChI is InChI=1S/C26H31N3O5/c1-28(2)15-23(25(32)29-13-7-8-17(29)14-24(30)31)27-26(33)34-16-22-20-11-5-3-9-18(20)19-10-4-6-12-21(19)22/h3-6,9-12,17,22-23H,7-8,13-16H2,1-2H3,(H,27,33)(H,30,31)/t17?,23-/m0/s1. The number of aliphatic carboxylic acids is 1. The third-order valence-electron chi connectivity index (χ3n) is 6.55. The van der Waals surface area contributed by atoms with E-state index in [1.54, 1.807) is 4.90 Å². The molecule has 1 heterocycles. The minimum Gasteiger partial charge on any atom is -0.481 e. The number of ether oxygens (including phenoxy) is 1. The van der Waals surface area contributed by atoms with Gasteiger partial charge in [0.2, 0.25) is 5.91 Å². The summed E-state index contributed by atoms with van der Waals surface area (Å²) >= 11 is 0. The van der Waals surface area contributed by atoms with Gasteiger partial charge in [-0.2, -0.15) is 0 Å². The molecule has 0 saturated carbocycles. The van der Waals surface area contributed by atoms with Gasteiger partial charge in [-0.25, -0.2) is 4.79 Å². The molecule has 2 aromatic carbocycles. The van der Waals surface area contributed by atoms with Gasteiger partial charge in [-0.3, -0.25) is 9.59 Å².